The van der Waals surface area contributed by atoms with Crippen LogP contribution in [0.1, 0.15) is 38.3 Å². The van der Waals surface area contributed by atoms with Crippen molar-refractivity contribution >= 4 is 43.5 Å². The second kappa shape index (κ2) is 13.8. The maximum absolute atomic E-state index is 14.0. The summed E-state index contributed by atoms with van der Waals surface area (Å²) in [5.41, 5.74) is 2.02. The first-order valence-electron chi connectivity index (χ1n) is 13.0. The van der Waals surface area contributed by atoms with Gasteiger partial charge in [-0.15, -0.1) is 0 Å². The summed E-state index contributed by atoms with van der Waals surface area (Å²) in [6.07, 6.45) is 0.733. The summed E-state index contributed by atoms with van der Waals surface area (Å²) in [7, 11) is -2.54. The molecule has 0 saturated carbocycles. The van der Waals surface area contributed by atoms with Crippen LogP contribution in [-0.4, -0.2) is 50.9 Å². The summed E-state index contributed by atoms with van der Waals surface area (Å²) in [6, 6.07) is 19.4. The number of nitrogens with one attached hydrogen (secondary N) is 1. The summed E-state index contributed by atoms with van der Waals surface area (Å²) in [5, 5.41) is 2.93. The number of anilines is 1. The lowest BCUT2D eigenvalue weighted by atomic mass is 10.1. The number of rotatable bonds is 12. The van der Waals surface area contributed by atoms with Gasteiger partial charge in [0.05, 0.1) is 17.7 Å². The van der Waals surface area contributed by atoms with Gasteiger partial charge in [0.25, 0.3) is 10.0 Å². The third kappa shape index (κ3) is 7.85. The monoisotopic (exact) mass is 629 g/mol. The molecule has 0 bridgehead atoms. The Morgan fingerprint density at radius 1 is 0.950 bits per heavy atom. The van der Waals surface area contributed by atoms with Crippen molar-refractivity contribution in [2.24, 2.45) is 0 Å². The van der Waals surface area contributed by atoms with Gasteiger partial charge in [-0.1, -0.05) is 52.7 Å². The van der Waals surface area contributed by atoms with Crippen LogP contribution in [0.2, 0.25) is 0 Å². The number of hydrogen-bond acceptors (Lipinski definition) is 5. The third-order valence-corrected chi connectivity index (χ3v) is 9.00. The van der Waals surface area contributed by atoms with Crippen LogP contribution in [0.5, 0.6) is 5.75 Å². The molecule has 3 rings (SSSR count). The molecule has 0 aliphatic heterocycles. The Labute approximate surface area is 245 Å². The van der Waals surface area contributed by atoms with E-state index in [1.807, 2.05) is 32.9 Å². The van der Waals surface area contributed by atoms with Gasteiger partial charge in [-0.05, 0) is 81.3 Å². The molecular formula is C30H36BrN3O5S. The highest BCUT2D eigenvalue weighted by Crippen LogP contribution is 2.26. The lowest BCUT2D eigenvalue weighted by Crippen LogP contribution is -2.52. The van der Waals surface area contributed by atoms with Crippen molar-refractivity contribution in [2.45, 2.75) is 57.6 Å². The number of sulfonamides is 1. The fourth-order valence-electron chi connectivity index (χ4n) is 3.95. The molecule has 0 aromatic heterocycles. The zero-order chi connectivity index (χ0) is 29.4. The van der Waals surface area contributed by atoms with Gasteiger partial charge in [0.2, 0.25) is 11.8 Å². The van der Waals surface area contributed by atoms with Crippen LogP contribution in [0.15, 0.2) is 82.2 Å². The number of hydrogen-bond donors (Lipinski definition) is 1. The van der Waals surface area contributed by atoms with Crippen LogP contribution in [0.3, 0.4) is 0 Å². The van der Waals surface area contributed by atoms with Gasteiger partial charge >= 0.3 is 0 Å². The van der Waals surface area contributed by atoms with E-state index in [1.165, 1.54) is 17.0 Å². The Morgan fingerprint density at radius 2 is 1.55 bits per heavy atom. The van der Waals surface area contributed by atoms with Gasteiger partial charge < -0.3 is 15.0 Å². The van der Waals surface area contributed by atoms with E-state index in [9.17, 15) is 18.0 Å². The molecule has 2 atom stereocenters. The van der Waals surface area contributed by atoms with Crippen LogP contribution in [0.4, 0.5) is 5.69 Å². The van der Waals surface area contributed by atoms with Crippen molar-refractivity contribution in [2.75, 3.05) is 18.0 Å². The molecule has 40 heavy (non-hydrogen) atoms. The molecule has 0 unspecified atom stereocenters. The smallest absolute Gasteiger partial charge is 0.264 e. The maximum Gasteiger partial charge on any atom is 0.264 e. The molecule has 2 amide bonds. The predicted octanol–water partition coefficient (Wildman–Crippen LogP) is 5.29. The van der Waals surface area contributed by atoms with Crippen LogP contribution < -0.4 is 14.4 Å². The number of carbonyl (C=O) groups excluding carboxylic acids is 2. The number of methoxy groups -OCH3 is 1. The lowest BCUT2D eigenvalue weighted by molar-refractivity contribution is -0.139. The largest absolute Gasteiger partial charge is 0.497 e. The SMILES string of the molecule is CC[C@H](C)NC(=O)[C@@H](C)N(Cc1ccc(OC)cc1)C(=O)CN(c1ccc(Br)cc1)S(=O)(=O)c1ccc(C)cc1. The summed E-state index contributed by atoms with van der Waals surface area (Å²) in [4.78, 5) is 28.6. The molecular weight excluding hydrogens is 594 g/mol. The molecule has 0 aliphatic carbocycles. The van der Waals surface area contributed by atoms with Gasteiger partial charge in [0, 0.05) is 17.1 Å². The molecule has 10 heteroatoms. The van der Waals surface area contributed by atoms with E-state index < -0.39 is 28.5 Å². The molecule has 1 N–H and O–H groups in total. The average molecular weight is 631 g/mol. The van der Waals surface area contributed by atoms with Gasteiger partial charge in [0.15, 0.2) is 0 Å². The van der Waals surface area contributed by atoms with E-state index in [2.05, 4.69) is 21.2 Å². The molecule has 0 radical (unpaired) electrons. The zero-order valence-electron chi connectivity index (χ0n) is 23.4. The highest BCUT2D eigenvalue weighted by atomic mass is 79.9. The second-order valence-corrected chi connectivity index (χ2v) is 12.4. The van der Waals surface area contributed by atoms with Gasteiger partial charge in [0.1, 0.15) is 18.3 Å². The fraction of sp³-hybridized carbons (Fsp3) is 0.333. The number of nitrogens with zero attached hydrogens (tertiary/aromatic N) is 2. The van der Waals surface area contributed by atoms with Gasteiger partial charge in [-0.3, -0.25) is 13.9 Å². The molecule has 0 heterocycles. The Kier molecular flexibility index (Phi) is 10.8. The minimum atomic E-state index is -4.11. The Bertz CT molecular complexity index is 1390. The first kappa shape index (κ1) is 31.2. The topological polar surface area (TPSA) is 96.0 Å². The molecule has 0 saturated heterocycles. The van der Waals surface area contributed by atoms with Crippen LogP contribution in [0, 0.1) is 6.92 Å². The van der Waals surface area contributed by atoms with Crippen LogP contribution in [-0.2, 0) is 26.2 Å². The highest BCUT2D eigenvalue weighted by molar-refractivity contribution is 9.10. The van der Waals surface area contributed by atoms with Crippen molar-refractivity contribution in [3.05, 3.63) is 88.4 Å². The van der Waals surface area contributed by atoms with E-state index in [0.717, 1.165) is 26.3 Å². The standard InChI is InChI=1S/C30H36BrN3O5S/c1-6-22(3)32-30(36)23(4)33(19-24-9-15-27(39-5)16-10-24)29(35)20-34(26-13-11-25(31)12-14-26)40(37,38)28-17-7-21(2)8-18-28/h7-18,22-23H,6,19-20H2,1-5H3,(H,32,36)/t22-,23+/m0/s1. The van der Waals surface area contributed by atoms with Crippen molar-refractivity contribution in [1.82, 2.24) is 10.2 Å². The number of amides is 2. The van der Waals surface area contributed by atoms with Crippen molar-refractivity contribution in [3.63, 3.8) is 0 Å². The minimum Gasteiger partial charge on any atom is -0.497 e. The first-order valence-corrected chi connectivity index (χ1v) is 15.3. The van der Waals surface area contributed by atoms with Gasteiger partial charge in [-0.25, -0.2) is 8.42 Å². The van der Waals surface area contributed by atoms with Crippen LogP contribution >= 0.6 is 15.9 Å². The van der Waals surface area contributed by atoms with E-state index >= 15 is 0 Å². The quantitative estimate of drug-likeness (QED) is 0.294. The Morgan fingerprint density at radius 3 is 2.10 bits per heavy atom. The number of benzene rings is 3. The number of halogens is 1. The summed E-state index contributed by atoms with van der Waals surface area (Å²) in [6.45, 7) is 6.99. The average Bonchev–Trinajstić information content (AvgIpc) is 2.95. The molecule has 0 fully saturated rings. The van der Waals surface area contributed by atoms with Crippen molar-refractivity contribution in [1.29, 1.82) is 0 Å². The molecule has 0 spiro atoms. The minimum absolute atomic E-state index is 0.0677. The summed E-state index contributed by atoms with van der Waals surface area (Å²) in [5.74, 6) is -0.163. The maximum atomic E-state index is 14.0. The normalized spacial score (nSPS) is 12.8. The molecule has 8 nitrogen and oxygen atoms in total. The number of carbonyl (C=O) groups is 2. The molecule has 3 aromatic rings. The molecule has 214 valence electrons. The summed E-state index contributed by atoms with van der Waals surface area (Å²) < 4.78 is 34.8. The fourth-order valence-corrected chi connectivity index (χ4v) is 5.63. The Balaban J connectivity index is 2.01. The van der Waals surface area contributed by atoms with E-state index in [-0.39, 0.29) is 23.4 Å². The predicted molar refractivity (Wildman–Crippen MR) is 161 cm³/mol. The van der Waals surface area contributed by atoms with E-state index in [4.69, 9.17) is 4.74 Å². The number of ether oxygens (including phenoxy) is 1. The van der Waals surface area contributed by atoms with Gasteiger partial charge in [-0.2, -0.15) is 0 Å². The zero-order valence-corrected chi connectivity index (χ0v) is 25.8. The van der Waals surface area contributed by atoms with E-state index in [1.54, 1.807) is 62.6 Å². The van der Waals surface area contributed by atoms with Crippen LogP contribution in [0.25, 0.3) is 0 Å². The van der Waals surface area contributed by atoms with Crippen molar-refractivity contribution in [3.8, 4) is 5.75 Å². The number of aryl methyl sites for hydroxylation is 1. The van der Waals surface area contributed by atoms with E-state index in [0.29, 0.717) is 11.4 Å². The third-order valence-electron chi connectivity index (χ3n) is 6.68. The first-order chi connectivity index (χ1) is 19.0. The molecule has 3 aromatic carbocycles. The summed E-state index contributed by atoms with van der Waals surface area (Å²) >= 11 is 3.38. The van der Waals surface area contributed by atoms with Crippen molar-refractivity contribution < 1.29 is 22.7 Å². The Hall–Kier alpha value is -3.37. The highest BCUT2D eigenvalue weighted by Gasteiger charge is 2.32. The molecule has 0 aliphatic rings. The second-order valence-electron chi connectivity index (χ2n) is 9.66. The lowest BCUT2D eigenvalue weighted by Gasteiger charge is -2.32.